The van der Waals surface area contributed by atoms with Gasteiger partial charge in [0.2, 0.25) is 0 Å². The molecule has 1 unspecified atom stereocenters. The predicted molar refractivity (Wildman–Crippen MR) is 82.6 cm³/mol. The first-order valence-electron chi connectivity index (χ1n) is 6.56. The average Bonchev–Trinajstić information content (AvgIpc) is 2.35. The number of ether oxygens (including phenoxy) is 1. The van der Waals surface area contributed by atoms with Crippen LogP contribution >= 0.6 is 11.8 Å². The molecule has 1 amide bonds. The second-order valence-corrected chi connectivity index (χ2v) is 6.45. The number of amides is 1. The van der Waals surface area contributed by atoms with E-state index in [0.717, 1.165) is 10.5 Å². The van der Waals surface area contributed by atoms with Crippen LogP contribution in [0.1, 0.15) is 38.8 Å². The maximum Gasteiger partial charge on any atom is 0.408 e. The highest BCUT2D eigenvalue weighted by Gasteiger charge is 2.22. The van der Waals surface area contributed by atoms with Gasteiger partial charge in [0.05, 0.1) is 12.5 Å². The van der Waals surface area contributed by atoms with Crippen molar-refractivity contribution in [1.29, 1.82) is 0 Å². The third-order valence-electron chi connectivity index (χ3n) is 2.59. The molecule has 116 valence electrons. The van der Waals surface area contributed by atoms with E-state index in [1.165, 1.54) is 0 Å². The molecule has 0 aliphatic heterocycles. The van der Waals surface area contributed by atoms with Gasteiger partial charge in [0.25, 0.3) is 0 Å². The molecule has 0 aromatic heterocycles. The van der Waals surface area contributed by atoms with Gasteiger partial charge in [-0.15, -0.1) is 11.8 Å². The Kier molecular flexibility index (Phi) is 6.08. The smallest absolute Gasteiger partial charge is 0.408 e. The maximum absolute atomic E-state index is 11.8. The quantitative estimate of drug-likeness (QED) is 0.815. The van der Waals surface area contributed by atoms with E-state index in [9.17, 15) is 9.59 Å². The van der Waals surface area contributed by atoms with Gasteiger partial charge in [-0.05, 0) is 44.7 Å². The van der Waals surface area contributed by atoms with Crippen LogP contribution in [-0.4, -0.2) is 29.0 Å². The van der Waals surface area contributed by atoms with Crippen LogP contribution in [0.25, 0.3) is 0 Å². The van der Waals surface area contributed by atoms with Gasteiger partial charge in [0.15, 0.2) is 0 Å². The van der Waals surface area contributed by atoms with E-state index in [-0.39, 0.29) is 6.42 Å². The molecule has 0 aliphatic rings. The van der Waals surface area contributed by atoms with Crippen LogP contribution < -0.4 is 5.32 Å². The predicted octanol–water partition coefficient (Wildman–Crippen LogP) is 3.45. The largest absolute Gasteiger partial charge is 0.481 e. The van der Waals surface area contributed by atoms with Crippen LogP contribution in [0.3, 0.4) is 0 Å². The number of thioether (sulfide) groups is 1. The summed E-state index contributed by atoms with van der Waals surface area (Å²) in [7, 11) is 0. The van der Waals surface area contributed by atoms with Crippen LogP contribution in [0.2, 0.25) is 0 Å². The molecule has 1 atom stereocenters. The summed E-state index contributed by atoms with van der Waals surface area (Å²) in [4.78, 5) is 23.9. The highest BCUT2D eigenvalue weighted by molar-refractivity contribution is 7.98. The van der Waals surface area contributed by atoms with Crippen molar-refractivity contribution < 1.29 is 19.4 Å². The highest BCUT2D eigenvalue weighted by Crippen LogP contribution is 2.22. The third kappa shape index (κ3) is 6.53. The van der Waals surface area contributed by atoms with Crippen molar-refractivity contribution in [2.24, 2.45) is 0 Å². The van der Waals surface area contributed by atoms with Gasteiger partial charge in [-0.25, -0.2) is 4.79 Å². The molecule has 2 N–H and O–H groups in total. The van der Waals surface area contributed by atoms with Crippen molar-refractivity contribution in [3.05, 3.63) is 29.8 Å². The fourth-order valence-corrected chi connectivity index (χ4v) is 2.12. The third-order valence-corrected chi connectivity index (χ3v) is 3.33. The summed E-state index contributed by atoms with van der Waals surface area (Å²) in [5.41, 5.74) is 0.113. The van der Waals surface area contributed by atoms with Crippen molar-refractivity contribution in [1.82, 2.24) is 5.32 Å². The lowest BCUT2D eigenvalue weighted by Crippen LogP contribution is -2.35. The number of rotatable bonds is 5. The Balaban J connectivity index is 2.84. The molecule has 0 radical (unpaired) electrons. The zero-order valence-corrected chi connectivity index (χ0v) is 13.5. The van der Waals surface area contributed by atoms with Crippen molar-refractivity contribution in [3.63, 3.8) is 0 Å². The van der Waals surface area contributed by atoms with Crippen molar-refractivity contribution in [2.45, 2.75) is 43.7 Å². The monoisotopic (exact) mass is 311 g/mol. The summed E-state index contributed by atoms with van der Waals surface area (Å²) >= 11 is 1.60. The van der Waals surface area contributed by atoms with Gasteiger partial charge in [-0.1, -0.05) is 12.1 Å². The first kappa shape index (κ1) is 17.4. The topological polar surface area (TPSA) is 75.6 Å². The number of alkyl carbamates (subject to hydrolysis) is 1. The van der Waals surface area contributed by atoms with Gasteiger partial charge in [-0.3, -0.25) is 4.79 Å². The minimum atomic E-state index is -0.981. The van der Waals surface area contributed by atoms with E-state index < -0.39 is 23.7 Å². The van der Waals surface area contributed by atoms with Gasteiger partial charge >= 0.3 is 12.1 Å². The Hall–Kier alpha value is -1.69. The fraction of sp³-hybridized carbons (Fsp3) is 0.467. The summed E-state index contributed by atoms with van der Waals surface area (Å²) in [5.74, 6) is -0.981. The number of benzene rings is 1. The second kappa shape index (κ2) is 7.36. The Bertz CT molecular complexity index is 493. The minimum absolute atomic E-state index is 0.197. The molecule has 1 aromatic rings. The molecule has 0 saturated carbocycles. The lowest BCUT2D eigenvalue weighted by Gasteiger charge is -2.23. The summed E-state index contributed by atoms with van der Waals surface area (Å²) in [5, 5.41) is 11.6. The molecule has 0 heterocycles. The molecule has 0 aliphatic carbocycles. The summed E-state index contributed by atoms with van der Waals surface area (Å²) in [6.07, 6.45) is 1.14. The van der Waals surface area contributed by atoms with Crippen LogP contribution in [-0.2, 0) is 9.53 Å². The molecule has 6 heteroatoms. The molecular weight excluding hydrogens is 290 g/mol. The molecule has 21 heavy (non-hydrogen) atoms. The fourth-order valence-electron chi connectivity index (χ4n) is 1.71. The van der Waals surface area contributed by atoms with E-state index in [1.54, 1.807) is 32.5 Å². The van der Waals surface area contributed by atoms with Crippen molar-refractivity contribution in [3.8, 4) is 0 Å². The van der Waals surface area contributed by atoms with Gasteiger partial charge in [-0.2, -0.15) is 0 Å². The highest BCUT2D eigenvalue weighted by atomic mass is 32.2. The number of hydrogen-bond donors (Lipinski definition) is 2. The lowest BCUT2D eigenvalue weighted by molar-refractivity contribution is -0.137. The van der Waals surface area contributed by atoms with E-state index in [0.29, 0.717) is 0 Å². The molecule has 0 spiro atoms. The number of nitrogens with one attached hydrogen (secondary N) is 1. The lowest BCUT2D eigenvalue weighted by atomic mass is 10.0. The Labute approximate surface area is 129 Å². The summed E-state index contributed by atoms with van der Waals surface area (Å²) in [6.45, 7) is 5.27. The number of hydrogen-bond acceptors (Lipinski definition) is 4. The first-order valence-corrected chi connectivity index (χ1v) is 7.79. The molecule has 0 bridgehead atoms. The average molecular weight is 311 g/mol. The number of carboxylic acid groups (broad SMARTS) is 1. The van der Waals surface area contributed by atoms with Crippen LogP contribution in [0.15, 0.2) is 29.2 Å². The molecule has 0 saturated heterocycles. The van der Waals surface area contributed by atoms with E-state index in [1.807, 2.05) is 30.5 Å². The van der Waals surface area contributed by atoms with Crippen LogP contribution in [0.4, 0.5) is 4.79 Å². The molecule has 5 nitrogen and oxygen atoms in total. The van der Waals surface area contributed by atoms with Crippen LogP contribution in [0.5, 0.6) is 0 Å². The molecular formula is C15H21NO4S. The summed E-state index contributed by atoms with van der Waals surface area (Å²) < 4.78 is 5.17. The molecule has 1 rings (SSSR count). The zero-order chi connectivity index (χ0) is 16.0. The minimum Gasteiger partial charge on any atom is -0.481 e. The standard InChI is InChI=1S/C15H21NO4S/c1-15(2,3)20-14(19)16-12(9-13(17)18)10-5-7-11(21-4)8-6-10/h5-8,12H,9H2,1-4H3,(H,16,19)(H,17,18). The van der Waals surface area contributed by atoms with Crippen LogP contribution in [0, 0.1) is 0 Å². The summed E-state index contributed by atoms with van der Waals surface area (Å²) in [6, 6.07) is 6.80. The Morgan fingerprint density at radius 1 is 1.29 bits per heavy atom. The van der Waals surface area contributed by atoms with Gasteiger partial charge < -0.3 is 15.2 Å². The number of carboxylic acids is 1. The zero-order valence-electron chi connectivity index (χ0n) is 12.7. The normalized spacial score (nSPS) is 12.6. The number of carbonyl (C=O) groups excluding carboxylic acids is 1. The van der Waals surface area contributed by atoms with Crippen molar-refractivity contribution >= 4 is 23.8 Å². The Morgan fingerprint density at radius 2 is 1.86 bits per heavy atom. The van der Waals surface area contributed by atoms with Gasteiger partial charge in [0.1, 0.15) is 5.60 Å². The van der Waals surface area contributed by atoms with Gasteiger partial charge in [0, 0.05) is 4.90 Å². The first-order chi connectivity index (χ1) is 9.71. The Morgan fingerprint density at radius 3 is 2.29 bits per heavy atom. The van der Waals surface area contributed by atoms with Crippen molar-refractivity contribution in [2.75, 3.05) is 6.26 Å². The molecule has 0 fully saturated rings. The SMILES string of the molecule is CSc1ccc(C(CC(=O)O)NC(=O)OC(C)(C)C)cc1. The second-order valence-electron chi connectivity index (χ2n) is 5.57. The molecule has 1 aromatic carbocycles. The van der Waals surface area contributed by atoms with E-state index in [2.05, 4.69) is 5.32 Å². The number of aliphatic carboxylic acids is 1. The van der Waals surface area contributed by atoms with E-state index >= 15 is 0 Å². The van der Waals surface area contributed by atoms with E-state index in [4.69, 9.17) is 9.84 Å². The maximum atomic E-state index is 11.8. The number of carbonyl (C=O) groups is 2.